The minimum absolute atomic E-state index is 0.0505. The zero-order chi connectivity index (χ0) is 24.0. The third-order valence-electron chi connectivity index (χ3n) is 5.40. The summed E-state index contributed by atoms with van der Waals surface area (Å²) in [7, 11) is 3.21. The second-order valence-corrected chi connectivity index (χ2v) is 10.2. The third-order valence-corrected chi connectivity index (χ3v) is 6.31. The number of carbonyl (C=O) groups is 2. The van der Waals surface area contributed by atoms with Crippen molar-refractivity contribution < 1.29 is 19.1 Å². The molecule has 1 atom stereocenters. The van der Waals surface area contributed by atoms with Crippen molar-refractivity contribution in [1.29, 1.82) is 0 Å². The van der Waals surface area contributed by atoms with E-state index in [-0.39, 0.29) is 29.8 Å². The topological polar surface area (TPSA) is 71.4 Å². The summed E-state index contributed by atoms with van der Waals surface area (Å²) < 4.78 is 10.8. The molecule has 0 aliphatic carbocycles. The molecule has 33 heavy (non-hydrogen) atoms. The van der Waals surface area contributed by atoms with E-state index in [9.17, 15) is 9.59 Å². The molecule has 2 aromatic rings. The number of hydrogen-bond donors (Lipinski definition) is 0. The molecule has 7 nitrogen and oxygen atoms in total. The summed E-state index contributed by atoms with van der Waals surface area (Å²) in [6.07, 6.45) is 0.935. The monoisotopic (exact) mass is 471 g/mol. The number of para-hydroxylation sites is 1. The number of rotatable bonds is 9. The van der Waals surface area contributed by atoms with E-state index in [1.807, 2.05) is 62.5 Å². The number of carbonyl (C=O) groups excluding carboxylic acids is 2. The van der Waals surface area contributed by atoms with E-state index in [2.05, 4.69) is 0 Å². The van der Waals surface area contributed by atoms with Gasteiger partial charge in [-0.15, -0.1) is 11.3 Å². The fourth-order valence-corrected chi connectivity index (χ4v) is 4.53. The molecule has 2 heterocycles. The van der Waals surface area contributed by atoms with Gasteiger partial charge in [-0.05, 0) is 22.9 Å². The van der Waals surface area contributed by atoms with Gasteiger partial charge in [-0.1, -0.05) is 45.0 Å². The maximum absolute atomic E-state index is 13.5. The summed E-state index contributed by atoms with van der Waals surface area (Å²) in [5.74, 6) is 0.419. The Bertz CT molecular complexity index is 982. The molecule has 0 radical (unpaired) electrons. The molecule has 1 aliphatic heterocycles. The number of amides is 2. The van der Waals surface area contributed by atoms with Gasteiger partial charge in [0.05, 0.1) is 30.3 Å². The van der Waals surface area contributed by atoms with Gasteiger partial charge in [-0.3, -0.25) is 9.59 Å². The summed E-state index contributed by atoms with van der Waals surface area (Å²) in [6.45, 7) is 6.70. The van der Waals surface area contributed by atoms with Crippen LogP contribution in [0.3, 0.4) is 0 Å². The standard InChI is InChI=1S/C25H33N3O4S/c1-25(2,3)16-23(29)27(12-13-31-4)17-24(30)28-20(18-9-6-7-10-21(18)32-5)15-19(26-28)22-11-8-14-33-22/h6-11,14,20H,12-13,15-17H2,1-5H3/t20-/m1/s1. The lowest BCUT2D eigenvalue weighted by molar-refractivity contribution is -0.143. The molecule has 1 aromatic carbocycles. The number of hydrazone groups is 1. The van der Waals surface area contributed by atoms with E-state index in [4.69, 9.17) is 14.6 Å². The normalized spacial score (nSPS) is 16.0. The molecule has 1 aliphatic rings. The molecular weight excluding hydrogens is 438 g/mol. The van der Waals surface area contributed by atoms with Crippen LogP contribution in [-0.2, 0) is 14.3 Å². The van der Waals surface area contributed by atoms with Crippen molar-refractivity contribution >= 4 is 28.9 Å². The van der Waals surface area contributed by atoms with Crippen LogP contribution >= 0.6 is 11.3 Å². The fraction of sp³-hybridized carbons (Fsp3) is 0.480. The van der Waals surface area contributed by atoms with Crippen molar-refractivity contribution in [3.63, 3.8) is 0 Å². The highest BCUT2D eigenvalue weighted by Crippen LogP contribution is 2.38. The number of nitrogens with zero attached hydrogens (tertiary/aromatic N) is 3. The first kappa shape index (κ1) is 24.9. The van der Waals surface area contributed by atoms with Gasteiger partial charge in [0.2, 0.25) is 5.91 Å². The SMILES string of the molecule is COCCN(CC(=O)N1N=C(c2cccs2)C[C@@H]1c1ccccc1OC)C(=O)CC(C)(C)C. The molecule has 0 spiro atoms. The largest absolute Gasteiger partial charge is 0.496 e. The zero-order valence-corrected chi connectivity index (χ0v) is 20.9. The lowest BCUT2D eigenvalue weighted by Crippen LogP contribution is -2.43. The summed E-state index contributed by atoms with van der Waals surface area (Å²) in [6, 6.07) is 11.4. The maximum atomic E-state index is 13.5. The first-order chi connectivity index (χ1) is 15.7. The summed E-state index contributed by atoms with van der Waals surface area (Å²) >= 11 is 1.60. The van der Waals surface area contributed by atoms with Crippen LogP contribution in [0.15, 0.2) is 46.9 Å². The molecule has 178 valence electrons. The van der Waals surface area contributed by atoms with Gasteiger partial charge in [-0.25, -0.2) is 5.01 Å². The van der Waals surface area contributed by atoms with Gasteiger partial charge in [0.15, 0.2) is 0 Å². The van der Waals surface area contributed by atoms with Crippen molar-refractivity contribution in [3.8, 4) is 5.75 Å². The van der Waals surface area contributed by atoms with Crippen LogP contribution in [0.25, 0.3) is 0 Å². The fourth-order valence-electron chi connectivity index (χ4n) is 3.81. The maximum Gasteiger partial charge on any atom is 0.262 e. The highest BCUT2D eigenvalue weighted by Gasteiger charge is 2.36. The van der Waals surface area contributed by atoms with E-state index < -0.39 is 0 Å². The van der Waals surface area contributed by atoms with Gasteiger partial charge < -0.3 is 14.4 Å². The molecule has 1 aromatic heterocycles. The lowest BCUT2D eigenvalue weighted by atomic mass is 9.91. The first-order valence-corrected chi connectivity index (χ1v) is 11.9. The Labute approximate surface area is 200 Å². The smallest absolute Gasteiger partial charge is 0.262 e. The number of hydrogen-bond acceptors (Lipinski definition) is 6. The van der Waals surface area contributed by atoms with Crippen LogP contribution in [0.2, 0.25) is 0 Å². The van der Waals surface area contributed by atoms with Crippen LogP contribution < -0.4 is 4.74 Å². The second-order valence-electron chi connectivity index (χ2n) is 9.27. The molecule has 2 amide bonds. The Hall–Kier alpha value is -2.71. The van der Waals surface area contributed by atoms with E-state index >= 15 is 0 Å². The van der Waals surface area contributed by atoms with Gasteiger partial charge in [0.1, 0.15) is 12.3 Å². The molecule has 0 saturated heterocycles. The van der Waals surface area contributed by atoms with Crippen LogP contribution in [0.1, 0.15) is 50.1 Å². The molecular formula is C25H33N3O4S. The van der Waals surface area contributed by atoms with E-state index in [0.717, 1.165) is 16.2 Å². The molecule has 8 heteroatoms. The van der Waals surface area contributed by atoms with Crippen LogP contribution in [0.4, 0.5) is 0 Å². The van der Waals surface area contributed by atoms with Crippen molar-refractivity contribution in [2.75, 3.05) is 33.9 Å². The van der Waals surface area contributed by atoms with Crippen molar-refractivity contribution in [2.45, 2.75) is 39.7 Å². The van der Waals surface area contributed by atoms with Crippen LogP contribution in [-0.4, -0.2) is 61.4 Å². The van der Waals surface area contributed by atoms with E-state index in [1.165, 1.54) is 5.01 Å². The molecule has 3 rings (SSSR count). The van der Waals surface area contributed by atoms with Gasteiger partial charge in [0.25, 0.3) is 5.91 Å². The van der Waals surface area contributed by atoms with Crippen LogP contribution in [0.5, 0.6) is 5.75 Å². The Morgan fingerprint density at radius 1 is 1.18 bits per heavy atom. The van der Waals surface area contributed by atoms with Crippen LogP contribution in [0, 0.1) is 5.41 Å². The number of benzene rings is 1. The Balaban J connectivity index is 1.89. The predicted molar refractivity (Wildman–Crippen MR) is 131 cm³/mol. The van der Waals surface area contributed by atoms with Gasteiger partial charge in [-0.2, -0.15) is 5.10 Å². The molecule has 0 N–H and O–H groups in total. The third kappa shape index (κ3) is 6.42. The average molecular weight is 472 g/mol. The number of ether oxygens (including phenoxy) is 2. The zero-order valence-electron chi connectivity index (χ0n) is 20.0. The van der Waals surface area contributed by atoms with Crippen molar-refractivity contribution in [2.24, 2.45) is 10.5 Å². The summed E-state index contributed by atoms with van der Waals surface area (Å²) in [4.78, 5) is 29.1. The average Bonchev–Trinajstić information content (AvgIpc) is 3.45. The van der Waals surface area contributed by atoms with Gasteiger partial charge in [0, 0.05) is 32.1 Å². The van der Waals surface area contributed by atoms with Crippen molar-refractivity contribution in [3.05, 3.63) is 52.2 Å². The van der Waals surface area contributed by atoms with E-state index in [1.54, 1.807) is 30.5 Å². The number of methoxy groups -OCH3 is 2. The Morgan fingerprint density at radius 3 is 2.58 bits per heavy atom. The number of thiophene rings is 1. The molecule has 0 fully saturated rings. The first-order valence-electron chi connectivity index (χ1n) is 11.1. The van der Waals surface area contributed by atoms with E-state index in [0.29, 0.717) is 31.7 Å². The lowest BCUT2D eigenvalue weighted by Gasteiger charge is -2.29. The molecule has 0 unspecified atom stereocenters. The minimum Gasteiger partial charge on any atom is -0.496 e. The van der Waals surface area contributed by atoms with Crippen molar-refractivity contribution in [1.82, 2.24) is 9.91 Å². The second kappa shape index (κ2) is 10.9. The highest BCUT2D eigenvalue weighted by atomic mass is 32.1. The Kier molecular flexibility index (Phi) is 8.26. The predicted octanol–water partition coefficient (Wildman–Crippen LogP) is 4.35. The quantitative estimate of drug-likeness (QED) is 0.545. The molecule has 0 bridgehead atoms. The van der Waals surface area contributed by atoms with Gasteiger partial charge >= 0.3 is 0 Å². The molecule has 0 saturated carbocycles. The summed E-state index contributed by atoms with van der Waals surface area (Å²) in [5, 5.41) is 8.24. The Morgan fingerprint density at radius 2 is 1.94 bits per heavy atom. The minimum atomic E-state index is -0.298. The summed E-state index contributed by atoms with van der Waals surface area (Å²) in [5.41, 5.74) is 1.58. The highest BCUT2D eigenvalue weighted by molar-refractivity contribution is 7.12.